The van der Waals surface area contributed by atoms with Crippen molar-refractivity contribution < 1.29 is 0 Å². The monoisotopic (exact) mass is 184 g/mol. The fourth-order valence-electron chi connectivity index (χ4n) is 1.41. The van der Waals surface area contributed by atoms with Gasteiger partial charge in [0.15, 0.2) is 0 Å². The van der Waals surface area contributed by atoms with Crippen molar-refractivity contribution in [3.63, 3.8) is 0 Å². The Kier molecular flexibility index (Phi) is 2.56. The van der Waals surface area contributed by atoms with Gasteiger partial charge in [0, 0.05) is 24.3 Å². The van der Waals surface area contributed by atoms with Crippen LogP contribution in [0.3, 0.4) is 0 Å². The SMILES string of the molecule is NC/C=C/c1ccc2ccncc2c1. The predicted octanol–water partition coefficient (Wildman–Crippen LogP) is 2.21. The predicted molar refractivity (Wildman–Crippen MR) is 59.8 cm³/mol. The molecule has 0 atom stereocenters. The molecule has 1 aromatic carbocycles. The lowest BCUT2D eigenvalue weighted by Crippen LogP contribution is -1.91. The maximum Gasteiger partial charge on any atom is 0.0346 e. The van der Waals surface area contributed by atoms with Crippen molar-refractivity contribution in [2.75, 3.05) is 6.54 Å². The standard InChI is InChI=1S/C12H12N2/c13-6-1-2-10-3-4-11-5-7-14-9-12(11)8-10/h1-5,7-9H,6,13H2/b2-1+. The highest BCUT2D eigenvalue weighted by Gasteiger charge is 1.92. The number of aromatic nitrogens is 1. The first-order valence-corrected chi connectivity index (χ1v) is 4.60. The summed E-state index contributed by atoms with van der Waals surface area (Å²) in [6.07, 6.45) is 7.64. The molecule has 14 heavy (non-hydrogen) atoms. The highest BCUT2D eigenvalue weighted by Crippen LogP contribution is 2.15. The Morgan fingerprint density at radius 3 is 3.00 bits per heavy atom. The van der Waals surface area contributed by atoms with Crippen LogP contribution in [0.15, 0.2) is 42.7 Å². The smallest absolute Gasteiger partial charge is 0.0346 e. The number of fused-ring (bicyclic) bond motifs is 1. The van der Waals surface area contributed by atoms with Crippen LogP contribution in [-0.4, -0.2) is 11.5 Å². The molecule has 2 heteroatoms. The second-order valence-corrected chi connectivity index (χ2v) is 3.12. The van der Waals surface area contributed by atoms with Gasteiger partial charge in [-0.2, -0.15) is 0 Å². The molecule has 0 aliphatic carbocycles. The average molecular weight is 184 g/mol. The lowest BCUT2D eigenvalue weighted by Gasteiger charge is -1.98. The zero-order chi connectivity index (χ0) is 9.80. The van der Waals surface area contributed by atoms with E-state index in [1.165, 1.54) is 5.39 Å². The number of pyridine rings is 1. The van der Waals surface area contributed by atoms with Gasteiger partial charge in [-0.15, -0.1) is 0 Å². The van der Waals surface area contributed by atoms with Crippen LogP contribution in [0.25, 0.3) is 16.8 Å². The topological polar surface area (TPSA) is 38.9 Å². The first kappa shape index (κ1) is 8.91. The molecule has 0 aliphatic rings. The molecule has 0 radical (unpaired) electrons. The minimum absolute atomic E-state index is 0.574. The summed E-state index contributed by atoms with van der Waals surface area (Å²) >= 11 is 0. The number of nitrogens with zero attached hydrogens (tertiary/aromatic N) is 1. The molecular weight excluding hydrogens is 172 g/mol. The molecule has 0 aliphatic heterocycles. The molecule has 2 nitrogen and oxygen atoms in total. The van der Waals surface area contributed by atoms with E-state index in [9.17, 15) is 0 Å². The Labute approximate surface area is 83.1 Å². The third-order valence-electron chi connectivity index (χ3n) is 2.11. The van der Waals surface area contributed by atoms with Crippen molar-refractivity contribution in [3.8, 4) is 0 Å². The summed E-state index contributed by atoms with van der Waals surface area (Å²) in [6.45, 7) is 0.574. The van der Waals surface area contributed by atoms with Gasteiger partial charge in [-0.3, -0.25) is 4.98 Å². The normalized spacial score (nSPS) is 11.2. The van der Waals surface area contributed by atoms with Crippen molar-refractivity contribution in [2.24, 2.45) is 5.73 Å². The molecule has 0 fully saturated rings. The van der Waals surface area contributed by atoms with Gasteiger partial charge in [-0.05, 0) is 23.1 Å². The van der Waals surface area contributed by atoms with Crippen LogP contribution in [-0.2, 0) is 0 Å². The van der Waals surface area contributed by atoms with Crippen molar-refractivity contribution in [1.82, 2.24) is 4.98 Å². The summed E-state index contributed by atoms with van der Waals surface area (Å²) in [4.78, 5) is 4.09. The van der Waals surface area contributed by atoms with Crippen molar-refractivity contribution in [2.45, 2.75) is 0 Å². The molecule has 0 saturated carbocycles. The highest BCUT2D eigenvalue weighted by atomic mass is 14.6. The Hall–Kier alpha value is -1.67. The summed E-state index contributed by atoms with van der Waals surface area (Å²) in [5.41, 5.74) is 6.55. The quantitative estimate of drug-likeness (QED) is 0.777. The number of rotatable bonds is 2. The minimum atomic E-state index is 0.574. The van der Waals surface area contributed by atoms with E-state index in [1.807, 2.05) is 24.4 Å². The van der Waals surface area contributed by atoms with Crippen LogP contribution < -0.4 is 5.73 Å². The van der Waals surface area contributed by atoms with Crippen LogP contribution >= 0.6 is 0 Å². The highest BCUT2D eigenvalue weighted by molar-refractivity contribution is 5.83. The molecule has 2 N–H and O–H groups in total. The van der Waals surface area contributed by atoms with E-state index in [4.69, 9.17) is 5.73 Å². The second-order valence-electron chi connectivity index (χ2n) is 3.12. The summed E-state index contributed by atoms with van der Waals surface area (Å²) in [5.74, 6) is 0. The second kappa shape index (κ2) is 4.03. The largest absolute Gasteiger partial charge is 0.327 e. The number of hydrogen-bond acceptors (Lipinski definition) is 2. The van der Waals surface area contributed by atoms with Crippen LogP contribution in [0.4, 0.5) is 0 Å². The van der Waals surface area contributed by atoms with Gasteiger partial charge < -0.3 is 5.73 Å². The van der Waals surface area contributed by atoms with E-state index in [1.54, 1.807) is 6.20 Å². The first-order chi connectivity index (χ1) is 6.90. The zero-order valence-corrected chi connectivity index (χ0v) is 7.85. The van der Waals surface area contributed by atoms with E-state index < -0.39 is 0 Å². The Morgan fingerprint density at radius 2 is 2.14 bits per heavy atom. The van der Waals surface area contributed by atoms with E-state index in [-0.39, 0.29) is 0 Å². The van der Waals surface area contributed by atoms with Gasteiger partial charge in [0.2, 0.25) is 0 Å². The number of nitrogens with two attached hydrogens (primary N) is 1. The first-order valence-electron chi connectivity index (χ1n) is 4.60. The Bertz CT molecular complexity index is 461. The Balaban J connectivity index is 2.46. The van der Waals surface area contributed by atoms with Gasteiger partial charge in [0.05, 0.1) is 0 Å². The lowest BCUT2D eigenvalue weighted by molar-refractivity contribution is 1.26. The van der Waals surface area contributed by atoms with E-state index in [0.29, 0.717) is 6.54 Å². The van der Waals surface area contributed by atoms with E-state index in [2.05, 4.69) is 23.2 Å². The van der Waals surface area contributed by atoms with Crippen LogP contribution in [0, 0.1) is 0 Å². The number of hydrogen-bond donors (Lipinski definition) is 1. The average Bonchev–Trinajstić information content (AvgIpc) is 2.26. The molecular formula is C12H12N2. The maximum absolute atomic E-state index is 5.39. The Morgan fingerprint density at radius 1 is 1.21 bits per heavy atom. The van der Waals surface area contributed by atoms with Gasteiger partial charge in [0.25, 0.3) is 0 Å². The summed E-state index contributed by atoms with van der Waals surface area (Å²) in [5, 5.41) is 2.37. The maximum atomic E-state index is 5.39. The summed E-state index contributed by atoms with van der Waals surface area (Å²) in [7, 11) is 0. The number of benzene rings is 1. The molecule has 2 aromatic rings. The molecule has 0 spiro atoms. The lowest BCUT2D eigenvalue weighted by atomic mass is 10.1. The molecule has 70 valence electrons. The molecule has 1 aromatic heterocycles. The molecule has 2 rings (SSSR count). The van der Waals surface area contributed by atoms with Gasteiger partial charge >= 0.3 is 0 Å². The van der Waals surface area contributed by atoms with Gasteiger partial charge in [0.1, 0.15) is 0 Å². The molecule has 0 bridgehead atoms. The van der Waals surface area contributed by atoms with Crippen molar-refractivity contribution >= 4 is 16.8 Å². The van der Waals surface area contributed by atoms with Crippen LogP contribution in [0.5, 0.6) is 0 Å². The van der Waals surface area contributed by atoms with Gasteiger partial charge in [-0.25, -0.2) is 0 Å². The minimum Gasteiger partial charge on any atom is -0.327 e. The molecule has 0 amide bonds. The third-order valence-corrected chi connectivity index (χ3v) is 2.11. The fraction of sp³-hybridized carbons (Fsp3) is 0.0833. The van der Waals surface area contributed by atoms with E-state index in [0.717, 1.165) is 10.9 Å². The molecule has 0 unspecified atom stereocenters. The van der Waals surface area contributed by atoms with Crippen LogP contribution in [0.2, 0.25) is 0 Å². The fourth-order valence-corrected chi connectivity index (χ4v) is 1.41. The molecule has 0 saturated heterocycles. The van der Waals surface area contributed by atoms with Crippen molar-refractivity contribution in [3.05, 3.63) is 48.3 Å². The van der Waals surface area contributed by atoms with Crippen LogP contribution in [0.1, 0.15) is 5.56 Å². The van der Waals surface area contributed by atoms with Crippen molar-refractivity contribution in [1.29, 1.82) is 0 Å². The summed E-state index contributed by atoms with van der Waals surface area (Å²) < 4.78 is 0. The third kappa shape index (κ3) is 1.80. The zero-order valence-electron chi connectivity index (χ0n) is 7.85. The van der Waals surface area contributed by atoms with E-state index >= 15 is 0 Å². The molecule has 1 heterocycles. The summed E-state index contributed by atoms with van der Waals surface area (Å²) in [6, 6.07) is 8.28. The van der Waals surface area contributed by atoms with Gasteiger partial charge in [-0.1, -0.05) is 24.3 Å².